The normalized spacial score (nSPS) is 12.9. The highest BCUT2D eigenvalue weighted by molar-refractivity contribution is 6.31. The Hall–Kier alpha value is -2.08. The first-order valence-corrected chi connectivity index (χ1v) is 7.74. The smallest absolute Gasteiger partial charge is 0.307 e. The van der Waals surface area contributed by atoms with E-state index in [0.717, 1.165) is 0 Å². The summed E-state index contributed by atoms with van der Waals surface area (Å²) in [7, 11) is 0. The Bertz CT molecular complexity index is 777. The molecule has 0 saturated heterocycles. The standard InChI is InChI=1S/C18H15ClF4O2/c1-18(2,9-3-5-10(20)6-4-9)12(17(24)25)7-11-15(19)13(21)8-14(22)16(11)23/h3-6,8,12H,7H2,1-2H3,(H,24,25). The van der Waals surface area contributed by atoms with Crippen LogP contribution >= 0.6 is 11.6 Å². The number of benzene rings is 2. The highest BCUT2D eigenvalue weighted by Gasteiger charge is 2.38. The fourth-order valence-electron chi connectivity index (χ4n) is 2.74. The summed E-state index contributed by atoms with van der Waals surface area (Å²) in [5.41, 5.74) is -1.14. The molecule has 0 radical (unpaired) electrons. The lowest BCUT2D eigenvalue weighted by molar-refractivity contribution is -0.144. The third-order valence-electron chi connectivity index (χ3n) is 4.37. The van der Waals surface area contributed by atoms with Crippen LogP contribution in [0.15, 0.2) is 30.3 Å². The molecule has 0 saturated carbocycles. The van der Waals surface area contributed by atoms with E-state index in [1.165, 1.54) is 24.3 Å². The zero-order valence-electron chi connectivity index (χ0n) is 13.4. The van der Waals surface area contributed by atoms with Crippen LogP contribution in [-0.2, 0) is 16.6 Å². The van der Waals surface area contributed by atoms with Crippen LogP contribution in [0.1, 0.15) is 25.0 Å². The fourth-order valence-corrected chi connectivity index (χ4v) is 2.95. The third kappa shape index (κ3) is 3.79. The van der Waals surface area contributed by atoms with E-state index < -0.39 is 57.6 Å². The Morgan fingerprint density at radius 1 is 1.12 bits per heavy atom. The SMILES string of the molecule is CC(C)(c1ccc(F)cc1)C(Cc1c(F)c(F)cc(F)c1Cl)C(=O)O. The second kappa shape index (κ2) is 7.04. The van der Waals surface area contributed by atoms with Crippen molar-refractivity contribution in [3.05, 3.63) is 69.8 Å². The van der Waals surface area contributed by atoms with Gasteiger partial charge in [0.15, 0.2) is 11.6 Å². The summed E-state index contributed by atoms with van der Waals surface area (Å²) in [6.07, 6.45) is -0.529. The molecule has 1 N–H and O–H groups in total. The highest BCUT2D eigenvalue weighted by atomic mass is 35.5. The predicted octanol–water partition coefficient (Wildman–Crippen LogP) is 5.12. The molecule has 0 aliphatic rings. The lowest BCUT2D eigenvalue weighted by Gasteiger charge is -2.32. The topological polar surface area (TPSA) is 37.3 Å². The number of carboxylic acids is 1. The van der Waals surface area contributed by atoms with Crippen molar-refractivity contribution in [2.75, 3.05) is 0 Å². The average Bonchev–Trinajstić information content (AvgIpc) is 2.53. The predicted molar refractivity (Wildman–Crippen MR) is 85.6 cm³/mol. The van der Waals surface area contributed by atoms with Gasteiger partial charge in [0.25, 0.3) is 0 Å². The van der Waals surface area contributed by atoms with Gasteiger partial charge < -0.3 is 5.11 Å². The molecule has 7 heteroatoms. The van der Waals surface area contributed by atoms with Gasteiger partial charge >= 0.3 is 5.97 Å². The van der Waals surface area contributed by atoms with Crippen LogP contribution in [0.5, 0.6) is 0 Å². The second-order valence-corrected chi connectivity index (χ2v) is 6.65. The van der Waals surface area contributed by atoms with Gasteiger partial charge in [0.2, 0.25) is 0 Å². The molecule has 0 heterocycles. The summed E-state index contributed by atoms with van der Waals surface area (Å²) < 4.78 is 54.2. The van der Waals surface area contributed by atoms with Crippen molar-refractivity contribution >= 4 is 17.6 Å². The quantitative estimate of drug-likeness (QED) is 0.582. The van der Waals surface area contributed by atoms with E-state index in [1.54, 1.807) is 13.8 Å². The van der Waals surface area contributed by atoms with E-state index >= 15 is 0 Å². The minimum Gasteiger partial charge on any atom is -0.481 e. The Morgan fingerprint density at radius 2 is 1.68 bits per heavy atom. The molecule has 2 rings (SSSR count). The number of rotatable bonds is 5. The van der Waals surface area contributed by atoms with Crippen LogP contribution in [0, 0.1) is 29.2 Å². The van der Waals surface area contributed by atoms with Crippen LogP contribution in [0.4, 0.5) is 17.6 Å². The van der Waals surface area contributed by atoms with Crippen molar-refractivity contribution in [3.63, 3.8) is 0 Å². The van der Waals surface area contributed by atoms with Crippen LogP contribution in [-0.4, -0.2) is 11.1 Å². The van der Waals surface area contributed by atoms with Crippen LogP contribution in [0.3, 0.4) is 0 Å². The van der Waals surface area contributed by atoms with Gasteiger partial charge in [-0.25, -0.2) is 17.6 Å². The van der Waals surface area contributed by atoms with E-state index in [1.807, 2.05) is 0 Å². The molecule has 2 aromatic carbocycles. The summed E-state index contributed by atoms with van der Waals surface area (Å²) in [4.78, 5) is 11.8. The second-order valence-electron chi connectivity index (χ2n) is 6.27. The Morgan fingerprint density at radius 3 is 2.20 bits per heavy atom. The molecular formula is C18H15ClF4O2. The van der Waals surface area contributed by atoms with Crippen molar-refractivity contribution in [2.24, 2.45) is 5.92 Å². The van der Waals surface area contributed by atoms with Gasteiger partial charge in [0.1, 0.15) is 11.6 Å². The molecule has 1 atom stereocenters. The van der Waals surface area contributed by atoms with Gasteiger partial charge in [-0.15, -0.1) is 0 Å². The summed E-state index contributed by atoms with van der Waals surface area (Å²) >= 11 is 5.71. The monoisotopic (exact) mass is 374 g/mol. The Balaban J connectivity index is 2.50. The zero-order chi connectivity index (χ0) is 18.9. The van der Waals surface area contributed by atoms with Gasteiger partial charge in [-0.3, -0.25) is 4.79 Å². The van der Waals surface area contributed by atoms with E-state index in [0.29, 0.717) is 11.6 Å². The molecule has 0 amide bonds. The van der Waals surface area contributed by atoms with Crippen molar-refractivity contribution in [1.82, 2.24) is 0 Å². The van der Waals surface area contributed by atoms with E-state index in [9.17, 15) is 27.5 Å². The minimum atomic E-state index is -1.44. The largest absolute Gasteiger partial charge is 0.481 e. The maximum atomic E-state index is 14.0. The third-order valence-corrected chi connectivity index (χ3v) is 4.78. The van der Waals surface area contributed by atoms with Gasteiger partial charge in [0, 0.05) is 17.0 Å². The van der Waals surface area contributed by atoms with E-state index in [-0.39, 0.29) is 0 Å². The number of hydrogen-bond acceptors (Lipinski definition) is 1. The van der Waals surface area contributed by atoms with Crippen molar-refractivity contribution in [1.29, 1.82) is 0 Å². The summed E-state index contributed by atoms with van der Waals surface area (Å²) in [5.74, 6) is -7.04. The number of carbonyl (C=O) groups is 1. The fraction of sp³-hybridized carbons (Fsp3) is 0.278. The highest BCUT2D eigenvalue weighted by Crippen LogP contribution is 2.37. The number of hydrogen-bond donors (Lipinski definition) is 1. The molecular weight excluding hydrogens is 360 g/mol. The number of carboxylic acid groups (broad SMARTS) is 1. The maximum Gasteiger partial charge on any atom is 0.307 e. The van der Waals surface area contributed by atoms with Gasteiger partial charge in [-0.05, 0) is 24.1 Å². The Kier molecular flexibility index (Phi) is 5.42. The first kappa shape index (κ1) is 19.2. The average molecular weight is 375 g/mol. The van der Waals surface area contributed by atoms with Crippen molar-refractivity contribution in [3.8, 4) is 0 Å². The van der Waals surface area contributed by atoms with Gasteiger partial charge in [-0.2, -0.15) is 0 Å². The number of halogens is 5. The van der Waals surface area contributed by atoms with Gasteiger partial charge in [-0.1, -0.05) is 37.6 Å². The van der Waals surface area contributed by atoms with E-state index in [2.05, 4.69) is 0 Å². The summed E-state index contributed by atoms with van der Waals surface area (Å²) in [5, 5.41) is 8.93. The first-order valence-electron chi connectivity index (χ1n) is 7.36. The lowest BCUT2D eigenvalue weighted by Crippen LogP contribution is -2.36. The van der Waals surface area contributed by atoms with Crippen molar-refractivity contribution < 1.29 is 27.5 Å². The molecule has 1 unspecified atom stereocenters. The molecule has 0 aromatic heterocycles. The van der Waals surface area contributed by atoms with Gasteiger partial charge in [0.05, 0.1) is 10.9 Å². The molecule has 134 valence electrons. The molecule has 0 bridgehead atoms. The molecule has 2 nitrogen and oxygen atoms in total. The van der Waals surface area contributed by atoms with Crippen molar-refractivity contribution in [2.45, 2.75) is 25.7 Å². The molecule has 2 aromatic rings. The molecule has 0 aliphatic heterocycles. The molecule has 0 spiro atoms. The Labute approximate surface area is 147 Å². The van der Waals surface area contributed by atoms with Crippen LogP contribution in [0.2, 0.25) is 5.02 Å². The van der Waals surface area contributed by atoms with E-state index in [4.69, 9.17) is 11.6 Å². The van der Waals surface area contributed by atoms with Crippen LogP contribution < -0.4 is 0 Å². The molecule has 25 heavy (non-hydrogen) atoms. The maximum absolute atomic E-state index is 14.0. The first-order chi connectivity index (χ1) is 11.6. The molecule has 0 aliphatic carbocycles. The summed E-state index contributed by atoms with van der Waals surface area (Å²) in [6, 6.07) is 5.48. The zero-order valence-corrected chi connectivity index (χ0v) is 14.2. The summed E-state index contributed by atoms with van der Waals surface area (Å²) in [6.45, 7) is 3.14. The lowest BCUT2D eigenvalue weighted by atomic mass is 9.71. The number of aliphatic carboxylic acids is 1. The molecule has 0 fully saturated rings. The van der Waals surface area contributed by atoms with Crippen LogP contribution in [0.25, 0.3) is 0 Å². The minimum absolute atomic E-state index is 0.308.